The molecule has 31 heavy (non-hydrogen) atoms. The molecule has 0 radical (unpaired) electrons. The summed E-state index contributed by atoms with van der Waals surface area (Å²) in [7, 11) is 3.53. The Hall–Kier alpha value is -1.84. The van der Waals surface area contributed by atoms with Crippen molar-refractivity contribution in [2.45, 2.75) is 19.6 Å². The highest BCUT2D eigenvalue weighted by Gasteiger charge is 2.24. The molecule has 7 heteroatoms. The van der Waals surface area contributed by atoms with Gasteiger partial charge in [-0.1, -0.05) is 42.5 Å². The smallest absolute Gasteiger partial charge is 0.193 e. The van der Waals surface area contributed by atoms with Crippen LogP contribution in [0.5, 0.6) is 5.75 Å². The van der Waals surface area contributed by atoms with Gasteiger partial charge in [0.2, 0.25) is 0 Å². The molecular formula is C24H34IN3O3. The second-order valence-corrected chi connectivity index (χ2v) is 7.49. The van der Waals surface area contributed by atoms with E-state index in [2.05, 4.69) is 39.5 Å². The number of hydrogen-bond donors (Lipinski definition) is 1. The number of guanidine groups is 1. The van der Waals surface area contributed by atoms with Gasteiger partial charge in [-0.05, 0) is 29.7 Å². The van der Waals surface area contributed by atoms with Crippen molar-refractivity contribution in [3.05, 3.63) is 65.7 Å². The maximum absolute atomic E-state index is 5.86. The van der Waals surface area contributed by atoms with Gasteiger partial charge in [0.25, 0.3) is 0 Å². The maximum Gasteiger partial charge on any atom is 0.193 e. The normalized spacial score (nSPS) is 16.1. The molecule has 1 fully saturated rings. The molecule has 2 aromatic carbocycles. The van der Waals surface area contributed by atoms with Crippen molar-refractivity contribution in [1.82, 2.24) is 10.2 Å². The van der Waals surface area contributed by atoms with E-state index in [1.807, 2.05) is 37.4 Å². The summed E-state index contributed by atoms with van der Waals surface area (Å²) in [5.74, 6) is 2.36. The van der Waals surface area contributed by atoms with E-state index >= 15 is 0 Å². The van der Waals surface area contributed by atoms with E-state index in [4.69, 9.17) is 14.2 Å². The van der Waals surface area contributed by atoms with Crippen LogP contribution in [0.15, 0.2) is 59.6 Å². The first-order valence-corrected chi connectivity index (χ1v) is 10.6. The molecule has 3 rings (SSSR count). The predicted octanol–water partition coefficient (Wildman–Crippen LogP) is 3.94. The van der Waals surface area contributed by atoms with Crippen molar-refractivity contribution < 1.29 is 14.2 Å². The minimum atomic E-state index is 0. The molecule has 1 aliphatic rings. The summed E-state index contributed by atoms with van der Waals surface area (Å²) in [6.07, 6.45) is 1.13. The van der Waals surface area contributed by atoms with Crippen LogP contribution in [0, 0.1) is 5.92 Å². The molecule has 2 aromatic rings. The lowest BCUT2D eigenvalue weighted by Gasteiger charge is -2.22. The molecule has 1 unspecified atom stereocenters. The van der Waals surface area contributed by atoms with Gasteiger partial charge < -0.3 is 24.4 Å². The second-order valence-electron chi connectivity index (χ2n) is 7.49. The third kappa shape index (κ3) is 8.66. The summed E-state index contributed by atoms with van der Waals surface area (Å²) < 4.78 is 16.6. The Labute approximate surface area is 203 Å². The van der Waals surface area contributed by atoms with E-state index in [9.17, 15) is 0 Å². The molecule has 0 saturated carbocycles. The number of nitrogens with one attached hydrogen (secondary N) is 1. The van der Waals surface area contributed by atoms with Crippen LogP contribution < -0.4 is 10.1 Å². The first-order chi connectivity index (χ1) is 14.8. The Balaban J connectivity index is 0.00000341. The minimum absolute atomic E-state index is 0. The lowest BCUT2D eigenvalue weighted by molar-refractivity contribution is 0.0536. The third-order valence-electron chi connectivity index (χ3n) is 5.20. The van der Waals surface area contributed by atoms with E-state index in [1.165, 1.54) is 11.1 Å². The average Bonchev–Trinajstić information content (AvgIpc) is 3.26. The van der Waals surface area contributed by atoms with Crippen molar-refractivity contribution in [3.63, 3.8) is 0 Å². The molecule has 1 heterocycles. The van der Waals surface area contributed by atoms with E-state index < -0.39 is 0 Å². The highest BCUT2D eigenvalue weighted by molar-refractivity contribution is 14.0. The van der Waals surface area contributed by atoms with Gasteiger partial charge in [-0.25, -0.2) is 0 Å². The maximum atomic E-state index is 5.86. The Morgan fingerprint density at radius 3 is 2.55 bits per heavy atom. The van der Waals surface area contributed by atoms with Crippen LogP contribution in [0.3, 0.4) is 0 Å². The molecule has 6 nitrogen and oxygen atoms in total. The molecule has 1 aliphatic heterocycles. The number of rotatable bonds is 10. The fourth-order valence-corrected chi connectivity index (χ4v) is 3.51. The van der Waals surface area contributed by atoms with Gasteiger partial charge in [-0.2, -0.15) is 0 Å². The van der Waals surface area contributed by atoms with Crippen LogP contribution in [0.25, 0.3) is 0 Å². The average molecular weight is 539 g/mol. The lowest BCUT2D eigenvalue weighted by Crippen LogP contribution is -2.39. The third-order valence-corrected chi connectivity index (χ3v) is 5.20. The number of hydrogen-bond acceptors (Lipinski definition) is 4. The number of halogens is 1. The molecule has 0 aliphatic carbocycles. The standard InChI is InChI=1S/C24H33N3O3.HI/c1-25-24(27-13-12-22(17-27)18-29-15-14-28-2)26-16-20-8-10-23(11-9-20)30-19-21-6-4-3-5-7-21;/h3-11,22H,12-19H2,1-2H3,(H,25,26);1H. The fraction of sp³-hybridized carbons (Fsp3) is 0.458. The molecule has 1 saturated heterocycles. The highest BCUT2D eigenvalue weighted by atomic mass is 127. The van der Waals surface area contributed by atoms with Gasteiger partial charge in [-0.15, -0.1) is 24.0 Å². The van der Waals surface area contributed by atoms with Crippen molar-refractivity contribution >= 4 is 29.9 Å². The van der Waals surface area contributed by atoms with E-state index in [-0.39, 0.29) is 24.0 Å². The summed E-state index contributed by atoms with van der Waals surface area (Å²) in [6.45, 7) is 5.37. The highest BCUT2D eigenvalue weighted by Crippen LogP contribution is 2.17. The molecule has 0 amide bonds. The van der Waals surface area contributed by atoms with Gasteiger partial charge in [-0.3, -0.25) is 4.99 Å². The second kappa shape index (κ2) is 14.3. The first-order valence-electron chi connectivity index (χ1n) is 10.6. The van der Waals surface area contributed by atoms with Gasteiger partial charge in [0, 0.05) is 39.7 Å². The Morgan fingerprint density at radius 2 is 1.84 bits per heavy atom. The summed E-state index contributed by atoms with van der Waals surface area (Å²) in [5, 5.41) is 3.48. The van der Waals surface area contributed by atoms with Crippen molar-refractivity contribution in [2.75, 3.05) is 47.1 Å². The largest absolute Gasteiger partial charge is 0.489 e. The first kappa shape index (κ1) is 25.4. The molecule has 1 atom stereocenters. The SMILES string of the molecule is CN=C(NCc1ccc(OCc2ccccc2)cc1)N1CCC(COCCOC)C1.I. The van der Waals surface area contributed by atoms with Crippen LogP contribution in [-0.2, 0) is 22.6 Å². The van der Waals surface area contributed by atoms with Gasteiger partial charge in [0.05, 0.1) is 19.8 Å². The minimum Gasteiger partial charge on any atom is -0.489 e. The molecule has 0 spiro atoms. The van der Waals surface area contributed by atoms with Crippen molar-refractivity contribution in [3.8, 4) is 5.75 Å². The Morgan fingerprint density at radius 1 is 1.06 bits per heavy atom. The molecule has 1 N–H and O–H groups in total. The number of methoxy groups -OCH3 is 1. The van der Waals surface area contributed by atoms with Gasteiger partial charge in [0.15, 0.2) is 5.96 Å². The van der Waals surface area contributed by atoms with Gasteiger partial charge in [0.1, 0.15) is 12.4 Å². The van der Waals surface area contributed by atoms with E-state index in [0.717, 1.165) is 44.4 Å². The van der Waals surface area contributed by atoms with E-state index in [0.29, 0.717) is 25.7 Å². The zero-order valence-electron chi connectivity index (χ0n) is 18.5. The summed E-state index contributed by atoms with van der Waals surface area (Å²) in [4.78, 5) is 6.76. The van der Waals surface area contributed by atoms with E-state index in [1.54, 1.807) is 7.11 Å². The van der Waals surface area contributed by atoms with Crippen LogP contribution in [0.1, 0.15) is 17.5 Å². The zero-order valence-corrected chi connectivity index (χ0v) is 20.8. The molecule has 170 valence electrons. The number of ether oxygens (including phenoxy) is 3. The van der Waals surface area contributed by atoms with Crippen LogP contribution in [0.2, 0.25) is 0 Å². The predicted molar refractivity (Wildman–Crippen MR) is 135 cm³/mol. The Kier molecular flexibility index (Phi) is 11.7. The van der Waals surface area contributed by atoms with Crippen molar-refractivity contribution in [2.24, 2.45) is 10.9 Å². The fourth-order valence-electron chi connectivity index (χ4n) is 3.51. The van der Waals surface area contributed by atoms with Crippen LogP contribution in [-0.4, -0.2) is 57.9 Å². The molecule has 0 aromatic heterocycles. The zero-order chi connectivity index (χ0) is 21.0. The van der Waals surface area contributed by atoms with Crippen molar-refractivity contribution in [1.29, 1.82) is 0 Å². The summed E-state index contributed by atoms with van der Waals surface area (Å²) >= 11 is 0. The number of likely N-dealkylation sites (tertiary alicyclic amines) is 1. The summed E-state index contributed by atoms with van der Waals surface area (Å²) in [5.41, 5.74) is 2.36. The monoisotopic (exact) mass is 539 g/mol. The number of benzene rings is 2. The molecule has 0 bridgehead atoms. The quantitative estimate of drug-likeness (QED) is 0.215. The van der Waals surface area contributed by atoms with Crippen LogP contribution in [0.4, 0.5) is 0 Å². The number of nitrogens with zero attached hydrogens (tertiary/aromatic N) is 2. The Bertz CT molecular complexity index is 771. The molecular weight excluding hydrogens is 505 g/mol. The van der Waals surface area contributed by atoms with Gasteiger partial charge >= 0.3 is 0 Å². The van der Waals surface area contributed by atoms with Crippen LogP contribution >= 0.6 is 24.0 Å². The summed E-state index contributed by atoms with van der Waals surface area (Å²) in [6, 6.07) is 18.4. The lowest BCUT2D eigenvalue weighted by atomic mass is 10.1. The topological polar surface area (TPSA) is 55.3 Å². The number of aliphatic imine (C=N–C) groups is 1.